The molecule has 4 atom stereocenters. The molecule has 1 N–H and O–H groups in total. The number of rotatable bonds is 4. The lowest BCUT2D eigenvalue weighted by atomic mass is 9.53. The number of hydrogen-bond acceptors (Lipinski definition) is 2. The molecule has 5 rings (SSSR count). The molecular formula is C27H26OS. The van der Waals surface area contributed by atoms with Crippen LogP contribution in [0.5, 0.6) is 0 Å². The third-order valence-electron chi connectivity index (χ3n) is 6.74. The number of benzene rings is 3. The van der Waals surface area contributed by atoms with Crippen molar-refractivity contribution >= 4 is 21.4 Å². The minimum absolute atomic E-state index is 0.174. The van der Waals surface area contributed by atoms with E-state index < -0.39 is 0 Å². The van der Waals surface area contributed by atoms with Gasteiger partial charge in [-0.25, -0.2) is 0 Å². The zero-order valence-electron chi connectivity index (χ0n) is 16.9. The molecule has 2 heteroatoms. The monoisotopic (exact) mass is 398 g/mol. The molecule has 1 aromatic heterocycles. The topological polar surface area (TPSA) is 20.2 Å². The molecule has 0 saturated heterocycles. The Balaban J connectivity index is 1.55. The zero-order valence-corrected chi connectivity index (χ0v) is 17.7. The summed E-state index contributed by atoms with van der Waals surface area (Å²) in [6, 6.07) is 30.2. The highest BCUT2D eigenvalue weighted by atomic mass is 32.1. The Bertz CT molecular complexity index is 1130. The van der Waals surface area contributed by atoms with Crippen molar-refractivity contribution in [1.29, 1.82) is 0 Å². The molecule has 1 fully saturated rings. The molecular weight excluding hydrogens is 372 g/mol. The van der Waals surface area contributed by atoms with Gasteiger partial charge in [0.15, 0.2) is 0 Å². The summed E-state index contributed by atoms with van der Waals surface area (Å²) in [4.78, 5) is 1.36. The van der Waals surface area contributed by atoms with Gasteiger partial charge >= 0.3 is 0 Å². The first-order valence-electron chi connectivity index (χ1n) is 10.3. The van der Waals surface area contributed by atoms with E-state index in [1.165, 1.54) is 31.7 Å². The molecule has 0 aliphatic heterocycles. The third-order valence-corrected chi connectivity index (χ3v) is 7.92. The van der Waals surface area contributed by atoms with Gasteiger partial charge in [0, 0.05) is 20.9 Å². The quantitative estimate of drug-likeness (QED) is 0.406. The summed E-state index contributed by atoms with van der Waals surface area (Å²) in [7, 11) is 0. The van der Waals surface area contributed by atoms with Crippen LogP contribution in [0.25, 0.3) is 10.1 Å². The molecule has 3 aromatic carbocycles. The molecule has 4 unspecified atom stereocenters. The Morgan fingerprint density at radius 2 is 1.62 bits per heavy atom. The maximum absolute atomic E-state index is 11.4. The van der Waals surface area contributed by atoms with Crippen LogP contribution >= 0.6 is 11.3 Å². The van der Waals surface area contributed by atoms with E-state index in [4.69, 9.17) is 0 Å². The minimum atomic E-state index is -0.359. The Labute approximate surface area is 176 Å². The van der Waals surface area contributed by atoms with E-state index >= 15 is 0 Å². The smallest absolute Gasteiger partial charge is 0.0672 e. The Hall–Kier alpha value is -2.42. The average molecular weight is 399 g/mol. The highest BCUT2D eigenvalue weighted by Gasteiger charge is 2.54. The number of thiophene rings is 1. The first-order chi connectivity index (χ1) is 14.1. The Morgan fingerprint density at radius 1 is 0.931 bits per heavy atom. The number of aliphatic hydroxyl groups excluding tert-OH is 1. The van der Waals surface area contributed by atoms with Crippen LogP contribution in [0.1, 0.15) is 40.8 Å². The van der Waals surface area contributed by atoms with Crippen molar-refractivity contribution in [3.05, 3.63) is 106 Å². The van der Waals surface area contributed by atoms with Crippen molar-refractivity contribution in [2.75, 3.05) is 0 Å². The molecule has 0 spiro atoms. The van der Waals surface area contributed by atoms with Crippen LogP contribution in [0.4, 0.5) is 0 Å². The second-order valence-corrected chi connectivity index (χ2v) is 9.79. The van der Waals surface area contributed by atoms with Crippen LogP contribution in [0.15, 0.2) is 84.9 Å². The molecule has 29 heavy (non-hydrogen) atoms. The van der Waals surface area contributed by atoms with Crippen molar-refractivity contribution in [2.24, 2.45) is 5.92 Å². The van der Waals surface area contributed by atoms with E-state index in [2.05, 4.69) is 92.7 Å². The molecule has 1 saturated carbocycles. The maximum Gasteiger partial charge on any atom is 0.0672 e. The molecule has 0 amide bonds. The van der Waals surface area contributed by atoms with Crippen molar-refractivity contribution < 1.29 is 5.11 Å². The van der Waals surface area contributed by atoms with Gasteiger partial charge < -0.3 is 5.11 Å². The van der Waals surface area contributed by atoms with E-state index in [1.807, 2.05) is 17.4 Å². The highest BCUT2D eigenvalue weighted by Crippen LogP contribution is 2.55. The van der Waals surface area contributed by atoms with Crippen LogP contribution in [-0.2, 0) is 5.41 Å². The van der Waals surface area contributed by atoms with Gasteiger partial charge in [-0.1, -0.05) is 79.7 Å². The summed E-state index contributed by atoms with van der Waals surface area (Å²) in [6.45, 7) is 4.36. The molecule has 1 aliphatic rings. The summed E-state index contributed by atoms with van der Waals surface area (Å²) >= 11 is 1.88. The first-order valence-corrected chi connectivity index (χ1v) is 11.2. The standard InChI is InChI=1S/C27H26OS/c1-18-13-14-20-16-24(29-23(20)15-18)25(19-9-5-3-6-10-19)22-17-27(2,26(22)28)21-11-7-4-8-12-21/h3-16,22,25-26,28H,17H2,1-2H3. The number of aliphatic hydroxyl groups is 1. The lowest BCUT2D eigenvalue weighted by Crippen LogP contribution is -2.56. The van der Waals surface area contributed by atoms with Crippen molar-refractivity contribution in [1.82, 2.24) is 0 Å². The number of aryl methyl sites for hydroxylation is 1. The summed E-state index contributed by atoms with van der Waals surface area (Å²) < 4.78 is 1.33. The van der Waals surface area contributed by atoms with Gasteiger partial charge in [0.05, 0.1) is 6.10 Å². The van der Waals surface area contributed by atoms with E-state index in [-0.39, 0.29) is 23.4 Å². The lowest BCUT2D eigenvalue weighted by molar-refractivity contribution is -0.0660. The highest BCUT2D eigenvalue weighted by molar-refractivity contribution is 7.19. The van der Waals surface area contributed by atoms with Gasteiger partial charge in [-0.3, -0.25) is 0 Å². The molecule has 0 radical (unpaired) electrons. The van der Waals surface area contributed by atoms with Crippen molar-refractivity contribution in [3.63, 3.8) is 0 Å². The predicted molar refractivity (Wildman–Crippen MR) is 123 cm³/mol. The predicted octanol–water partition coefficient (Wildman–Crippen LogP) is 6.68. The average Bonchev–Trinajstić information content (AvgIpc) is 3.17. The van der Waals surface area contributed by atoms with E-state index in [0.717, 1.165) is 6.42 Å². The molecule has 1 nitrogen and oxygen atoms in total. The minimum Gasteiger partial charge on any atom is -0.392 e. The van der Waals surface area contributed by atoms with Gasteiger partial charge in [0.25, 0.3) is 0 Å². The fourth-order valence-electron chi connectivity index (χ4n) is 5.04. The lowest BCUT2D eigenvalue weighted by Gasteiger charge is -2.53. The molecule has 1 heterocycles. The largest absolute Gasteiger partial charge is 0.392 e. The van der Waals surface area contributed by atoms with Gasteiger partial charge in [-0.05, 0) is 53.5 Å². The Kier molecular flexibility index (Phi) is 4.57. The zero-order chi connectivity index (χ0) is 20.0. The Morgan fingerprint density at radius 3 is 2.31 bits per heavy atom. The maximum atomic E-state index is 11.4. The molecule has 0 bridgehead atoms. The van der Waals surface area contributed by atoms with Crippen LogP contribution in [0.2, 0.25) is 0 Å². The fraction of sp³-hybridized carbons (Fsp3) is 0.259. The summed E-state index contributed by atoms with van der Waals surface area (Å²) in [6.07, 6.45) is 0.632. The van der Waals surface area contributed by atoms with E-state index in [0.29, 0.717) is 0 Å². The first kappa shape index (κ1) is 18.6. The van der Waals surface area contributed by atoms with Gasteiger partial charge in [-0.15, -0.1) is 11.3 Å². The fourth-order valence-corrected chi connectivity index (χ4v) is 6.40. The van der Waals surface area contributed by atoms with Crippen LogP contribution in [0.3, 0.4) is 0 Å². The summed E-state index contributed by atoms with van der Waals surface area (Å²) in [5.41, 5.74) is 3.66. The molecule has 1 aliphatic carbocycles. The number of fused-ring (bicyclic) bond motifs is 1. The third kappa shape index (κ3) is 3.11. The van der Waals surface area contributed by atoms with Gasteiger partial charge in [-0.2, -0.15) is 0 Å². The SMILES string of the molecule is Cc1ccc2cc(C(c3ccccc3)C3CC(C)(c4ccccc4)C3O)sc2c1. The second kappa shape index (κ2) is 7.12. The molecule has 4 aromatic rings. The number of hydrogen-bond donors (Lipinski definition) is 1. The molecule has 146 valence electrons. The second-order valence-electron chi connectivity index (χ2n) is 8.67. The normalized spacial score (nSPS) is 24.9. The van der Waals surface area contributed by atoms with Gasteiger partial charge in [0.1, 0.15) is 0 Å². The van der Waals surface area contributed by atoms with Crippen LogP contribution in [-0.4, -0.2) is 11.2 Å². The van der Waals surface area contributed by atoms with E-state index in [9.17, 15) is 5.11 Å². The van der Waals surface area contributed by atoms with Crippen molar-refractivity contribution in [3.8, 4) is 0 Å². The summed E-state index contributed by atoms with van der Waals surface area (Å²) in [5.74, 6) is 0.442. The van der Waals surface area contributed by atoms with Crippen LogP contribution in [0, 0.1) is 12.8 Å². The summed E-state index contributed by atoms with van der Waals surface area (Å²) in [5, 5.41) is 12.7. The van der Waals surface area contributed by atoms with Crippen molar-refractivity contribution in [2.45, 2.75) is 37.7 Å². The van der Waals surface area contributed by atoms with Gasteiger partial charge in [0.2, 0.25) is 0 Å². The van der Waals surface area contributed by atoms with E-state index in [1.54, 1.807) is 0 Å². The van der Waals surface area contributed by atoms with Crippen LogP contribution < -0.4 is 0 Å².